The smallest absolute Gasteiger partial charge is 0.251 e. The molecule has 0 aliphatic rings. The minimum absolute atomic E-state index is 0.0877. The molecular weight excluding hydrogens is 270 g/mol. The van der Waals surface area contributed by atoms with Gasteiger partial charge in [0.1, 0.15) is 4.99 Å². The summed E-state index contributed by atoms with van der Waals surface area (Å²) >= 11 is 4.91. The summed E-state index contributed by atoms with van der Waals surface area (Å²) in [5.41, 5.74) is 6.87. The van der Waals surface area contributed by atoms with Gasteiger partial charge in [-0.25, -0.2) is 0 Å². The van der Waals surface area contributed by atoms with Gasteiger partial charge in [0, 0.05) is 23.7 Å². The number of nitrogens with one attached hydrogen (secondary N) is 1. The molecule has 0 aliphatic heterocycles. The molecule has 0 radical (unpaired) electrons. The predicted molar refractivity (Wildman–Crippen MR) is 87.0 cm³/mol. The van der Waals surface area contributed by atoms with Crippen molar-refractivity contribution < 1.29 is 4.79 Å². The van der Waals surface area contributed by atoms with Gasteiger partial charge in [0.2, 0.25) is 0 Å². The summed E-state index contributed by atoms with van der Waals surface area (Å²) in [5.74, 6) is -0.0877. The third-order valence-corrected chi connectivity index (χ3v) is 3.50. The van der Waals surface area contributed by atoms with E-state index in [0.717, 1.165) is 13.0 Å². The lowest BCUT2D eigenvalue weighted by Crippen LogP contribution is -2.31. The van der Waals surface area contributed by atoms with E-state index in [9.17, 15) is 4.79 Å². The molecule has 0 saturated heterocycles. The van der Waals surface area contributed by atoms with Crippen LogP contribution in [0.15, 0.2) is 24.3 Å². The van der Waals surface area contributed by atoms with Crippen molar-refractivity contribution in [1.82, 2.24) is 10.2 Å². The molecule has 3 N–H and O–H groups in total. The molecule has 1 aromatic carbocycles. The molecule has 0 spiro atoms. The van der Waals surface area contributed by atoms with E-state index in [1.54, 1.807) is 24.3 Å². The van der Waals surface area contributed by atoms with Crippen LogP contribution >= 0.6 is 12.2 Å². The van der Waals surface area contributed by atoms with Crippen molar-refractivity contribution in [1.29, 1.82) is 0 Å². The molecule has 110 valence electrons. The van der Waals surface area contributed by atoms with Crippen molar-refractivity contribution in [2.24, 2.45) is 5.73 Å². The van der Waals surface area contributed by atoms with Gasteiger partial charge in [-0.15, -0.1) is 0 Å². The number of thiocarbonyl (C=S) groups is 1. The number of hydrogen-bond acceptors (Lipinski definition) is 3. The molecule has 4 nitrogen and oxygen atoms in total. The first-order valence-electron chi connectivity index (χ1n) is 6.80. The fourth-order valence-corrected chi connectivity index (χ4v) is 1.83. The summed E-state index contributed by atoms with van der Waals surface area (Å²) in [7, 11) is 2.08. The number of rotatable bonds is 7. The molecule has 0 atom stereocenters. The molecule has 0 aliphatic carbocycles. The summed E-state index contributed by atoms with van der Waals surface area (Å²) in [6, 6.07) is 7.59. The van der Waals surface area contributed by atoms with Crippen LogP contribution in [0.5, 0.6) is 0 Å². The van der Waals surface area contributed by atoms with Crippen LogP contribution in [-0.4, -0.2) is 42.0 Å². The molecule has 0 aromatic heterocycles. The van der Waals surface area contributed by atoms with Crippen molar-refractivity contribution in [3.63, 3.8) is 0 Å². The van der Waals surface area contributed by atoms with Gasteiger partial charge in [-0.3, -0.25) is 4.79 Å². The van der Waals surface area contributed by atoms with Crippen LogP contribution in [0.4, 0.5) is 0 Å². The molecule has 0 unspecified atom stereocenters. The zero-order valence-corrected chi connectivity index (χ0v) is 13.2. The summed E-state index contributed by atoms with van der Waals surface area (Å²) in [5, 5.41) is 2.91. The molecular formula is C15H23N3OS. The molecule has 1 amide bonds. The van der Waals surface area contributed by atoms with Gasteiger partial charge in [0.25, 0.3) is 5.91 Å². The highest BCUT2D eigenvalue weighted by atomic mass is 32.1. The molecule has 0 heterocycles. The van der Waals surface area contributed by atoms with Gasteiger partial charge in [0.15, 0.2) is 0 Å². The number of carbonyl (C=O) groups is 1. The Hall–Kier alpha value is -1.46. The van der Waals surface area contributed by atoms with Crippen molar-refractivity contribution in [3.05, 3.63) is 35.4 Å². The maximum Gasteiger partial charge on any atom is 0.251 e. The molecule has 0 fully saturated rings. The zero-order valence-electron chi connectivity index (χ0n) is 12.3. The average Bonchev–Trinajstić information content (AvgIpc) is 2.43. The van der Waals surface area contributed by atoms with E-state index in [1.165, 1.54) is 0 Å². The highest BCUT2D eigenvalue weighted by Crippen LogP contribution is 2.05. The summed E-state index contributed by atoms with van der Waals surface area (Å²) in [6.45, 7) is 5.93. The van der Waals surface area contributed by atoms with E-state index in [4.69, 9.17) is 18.0 Å². The van der Waals surface area contributed by atoms with Crippen LogP contribution in [-0.2, 0) is 0 Å². The number of amides is 1. The summed E-state index contributed by atoms with van der Waals surface area (Å²) in [6.07, 6.45) is 0.926. The molecule has 1 aromatic rings. The fourth-order valence-electron chi connectivity index (χ4n) is 1.70. The standard InChI is InChI=1S/C15H23N3OS/c1-11(2)18(3)9-5-8-17-15(19)13-7-4-6-12(10-13)14(16)20/h4,6-7,10-11H,5,8-9H2,1-3H3,(H2,16,20)(H,17,19). The Morgan fingerprint density at radius 1 is 1.40 bits per heavy atom. The second kappa shape index (κ2) is 7.97. The third kappa shape index (κ3) is 5.27. The lowest BCUT2D eigenvalue weighted by atomic mass is 10.1. The molecule has 20 heavy (non-hydrogen) atoms. The monoisotopic (exact) mass is 293 g/mol. The van der Waals surface area contributed by atoms with E-state index in [2.05, 4.69) is 31.1 Å². The number of benzene rings is 1. The van der Waals surface area contributed by atoms with Gasteiger partial charge >= 0.3 is 0 Å². The van der Waals surface area contributed by atoms with Crippen molar-refractivity contribution in [2.75, 3.05) is 20.1 Å². The Morgan fingerprint density at radius 2 is 2.05 bits per heavy atom. The topological polar surface area (TPSA) is 58.4 Å². The molecule has 1 rings (SSSR count). The van der Waals surface area contributed by atoms with Crippen LogP contribution in [0.3, 0.4) is 0 Å². The van der Waals surface area contributed by atoms with Crippen LogP contribution in [0.25, 0.3) is 0 Å². The van der Waals surface area contributed by atoms with Crippen LogP contribution in [0, 0.1) is 0 Å². The van der Waals surface area contributed by atoms with Crippen LogP contribution < -0.4 is 11.1 Å². The Labute approximate surface area is 126 Å². The number of hydrogen-bond donors (Lipinski definition) is 2. The summed E-state index contributed by atoms with van der Waals surface area (Å²) in [4.78, 5) is 14.5. The van der Waals surface area contributed by atoms with E-state index in [-0.39, 0.29) is 5.91 Å². The predicted octanol–water partition coefficient (Wildman–Crippen LogP) is 1.78. The molecule has 0 saturated carbocycles. The van der Waals surface area contributed by atoms with Gasteiger partial charge < -0.3 is 16.0 Å². The lowest BCUT2D eigenvalue weighted by molar-refractivity contribution is 0.0951. The first-order valence-corrected chi connectivity index (χ1v) is 7.21. The second-order valence-corrected chi connectivity index (χ2v) is 5.57. The molecule has 5 heteroatoms. The van der Waals surface area contributed by atoms with E-state index in [0.29, 0.717) is 28.7 Å². The van der Waals surface area contributed by atoms with Crippen molar-refractivity contribution in [3.8, 4) is 0 Å². The van der Waals surface area contributed by atoms with Crippen LogP contribution in [0.1, 0.15) is 36.2 Å². The average molecular weight is 293 g/mol. The number of carbonyl (C=O) groups excluding carboxylic acids is 1. The maximum atomic E-state index is 12.0. The minimum Gasteiger partial charge on any atom is -0.389 e. The highest BCUT2D eigenvalue weighted by Gasteiger charge is 2.07. The van der Waals surface area contributed by atoms with Crippen molar-refractivity contribution in [2.45, 2.75) is 26.3 Å². The lowest BCUT2D eigenvalue weighted by Gasteiger charge is -2.20. The van der Waals surface area contributed by atoms with E-state index >= 15 is 0 Å². The first-order chi connectivity index (χ1) is 9.41. The Kier molecular flexibility index (Phi) is 6.61. The zero-order chi connectivity index (χ0) is 15.1. The molecule has 0 bridgehead atoms. The second-order valence-electron chi connectivity index (χ2n) is 5.13. The Balaban J connectivity index is 2.43. The highest BCUT2D eigenvalue weighted by molar-refractivity contribution is 7.80. The fraction of sp³-hybridized carbons (Fsp3) is 0.467. The quantitative estimate of drug-likeness (QED) is 0.594. The largest absolute Gasteiger partial charge is 0.389 e. The van der Waals surface area contributed by atoms with E-state index < -0.39 is 0 Å². The SMILES string of the molecule is CC(C)N(C)CCCNC(=O)c1cccc(C(N)=S)c1. The number of nitrogens with two attached hydrogens (primary N) is 1. The number of nitrogens with zero attached hydrogens (tertiary/aromatic N) is 1. The van der Waals surface area contributed by atoms with Gasteiger partial charge in [-0.1, -0.05) is 24.4 Å². The normalized spacial score (nSPS) is 10.8. The summed E-state index contributed by atoms with van der Waals surface area (Å²) < 4.78 is 0. The maximum absolute atomic E-state index is 12.0. The third-order valence-electron chi connectivity index (χ3n) is 3.26. The Bertz CT molecular complexity index is 474. The van der Waals surface area contributed by atoms with Gasteiger partial charge in [-0.2, -0.15) is 0 Å². The van der Waals surface area contributed by atoms with E-state index in [1.807, 2.05) is 0 Å². The first kappa shape index (κ1) is 16.6. The van der Waals surface area contributed by atoms with Gasteiger partial charge in [-0.05, 0) is 46.0 Å². The van der Waals surface area contributed by atoms with Crippen LogP contribution in [0.2, 0.25) is 0 Å². The van der Waals surface area contributed by atoms with Crippen molar-refractivity contribution >= 4 is 23.1 Å². The van der Waals surface area contributed by atoms with Gasteiger partial charge in [0.05, 0.1) is 0 Å². The Morgan fingerprint density at radius 3 is 2.65 bits per heavy atom. The minimum atomic E-state index is -0.0877.